The van der Waals surface area contributed by atoms with E-state index in [1.165, 1.54) is 6.07 Å². The first-order chi connectivity index (χ1) is 7.21. The number of aliphatic hydroxyl groups excluding tert-OH is 1. The Kier molecular flexibility index (Phi) is 3.67. The Balaban J connectivity index is 3.29. The third-order valence-electron chi connectivity index (χ3n) is 2.16. The molecular formula is C10H14FNO3S. The second kappa shape index (κ2) is 4.48. The minimum atomic E-state index is -3.50. The smallest absolute Gasteiger partial charge is 0.175 e. The van der Waals surface area contributed by atoms with Gasteiger partial charge in [-0.15, -0.1) is 0 Å². The molecule has 1 aromatic rings. The summed E-state index contributed by atoms with van der Waals surface area (Å²) in [7, 11) is -3.50. The van der Waals surface area contributed by atoms with Gasteiger partial charge in [0.25, 0.3) is 0 Å². The first-order valence-corrected chi connectivity index (χ1v) is 6.55. The zero-order valence-corrected chi connectivity index (χ0v) is 9.83. The molecule has 16 heavy (non-hydrogen) atoms. The standard InChI is InChI=1S/C10H14FNO3S/c1-6(12)10(13)7-3-8(11)5-9(4-7)16(2,14)15/h3-6,10,13H,12H2,1-2H3. The summed E-state index contributed by atoms with van der Waals surface area (Å²) < 4.78 is 35.7. The van der Waals surface area contributed by atoms with Crippen LogP contribution in [0.15, 0.2) is 23.1 Å². The molecule has 0 aliphatic carbocycles. The molecule has 0 amide bonds. The van der Waals surface area contributed by atoms with E-state index >= 15 is 0 Å². The molecular weight excluding hydrogens is 233 g/mol. The van der Waals surface area contributed by atoms with Crippen LogP contribution < -0.4 is 5.73 Å². The monoisotopic (exact) mass is 247 g/mol. The molecule has 0 saturated carbocycles. The van der Waals surface area contributed by atoms with Gasteiger partial charge in [-0.25, -0.2) is 12.8 Å². The number of nitrogens with two attached hydrogens (primary N) is 1. The number of benzene rings is 1. The molecule has 2 atom stereocenters. The maximum atomic E-state index is 13.2. The first-order valence-electron chi connectivity index (χ1n) is 4.66. The van der Waals surface area contributed by atoms with E-state index in [1.807, 2.05) is 0 Å². The number of hydrogen-bond acceptors (Lipinski definition) is 4. The van der Waals surface area contributed by atoms with Crippen molar-refractivity contribution in [2.75, 3.05) is 6.26 Å². The fourth-order valence-corrected chi connectivity index (χ4v) is 1.95. The van der Waals surface area contributed by atoms with E-state index in [1.54, 1.807) is 6.92 Å². The predicted octanol–water partition coefficient (Wildman–Crippen LogP) is 0.610. The van der Waals surface area contributed by atoms with Crippen LogP contribution in [0.25, 0.3) is 0 Å². The Morgan fingerprint density at radius 1 is 1.38 bits per heavy atom. The molecule has 0 saturated heterocycles. The minimum Gasteiger partial charge on any atom is -0.387 e. The number of aliphatic hydroxyl groups is 1. The van der Waals surface area contributed by atoms with E-state index in [9.17, 15) is 17.9 Å². The summed E-state index contributed by atoms with van der Waals surface area (Å²) in [6.45, 7) is 1.55. The highest BCUT2D eigenvalue weighted by Gasteiger charge is 2.17. The van der Waals surface area contributed by atoms with Gasteiger partial charge >= 0.3 is 0 Å². The third-order valence-corrected chi connectivity index (χ3v) is 3.25. The van der Waals surface area contributed by atoms with Crippen LogP contribution in [-0.4, -0.2) is 25.8 Å². The van der Waals surface area contributed by atoms with Gasteiger partial charge in [0.05, 0.1) is 11.0 Å². The SMILES string of the molecule is CC(N)C(O)c1cc(F)cc(S(C)(=O)=O)c1. The lowest BCUT2D eigenvalue weighted by molar-refractivity contribution is 0.152. The summed E-state index contributed by atoms with van der Waals surface area (Å²) in [5.74, 6) is -0.711. The number of hydrogen-bond donors (Lipinski definition) is 2. The Hall–Kier alpha value is -0.980. The Bertz CT molecular complexity index is 485. The second-order valence-electron chi connectivity index (χ2n) is 3.80. The van der Waals surface area contributed by atoms with Crippen molar-refractivity contribution in [3.63, 3.8) is 0 Å². The van der Waals surface area contributed by atoms with Crippen molar-refractivity contribution in [3.05, 3.63) is 29.6 Å². The summed E-state index contributed by atoms with van der Waals surface area (Å²) in [5, 5.41) is 9.63. The Morgan fingerprint density at radius 3 is 2.38 bits per heavy atom. The summed E-state index contributed by atoms with van der Waals surface area (Å²) >= 11 is 0. The summed E-state index contributed by atoms with van der Waals surface area (Å²) in [4.78, 5) is -0.165. The quantitative estimate of drug-likeness (QED) is 0.820. The average Bonchev–Trinajstić information content (AvgIpc) is 2.14. The van der Waals surface area contributed by atoms with Crippen LogP contribution in [0.2, 0.25) is 0 Å². The van der Waals surface area contributed by atoms with Crippen molar-refractivity contribution in [1.82, 2.24) is 0 Å². The van der Waals surface area contributed by atoms with Crippen LogP contribution in [-0.2, 0) is 9.84 Å². The van der Waals surface area contributed by atoms with Gasteiger partial charge in [0.15, 0.2) is 9.84 Å². The van der Waals surface area contributed by atoms with E-state index < -0.39 is 27.8 Å². The van der Waals surface area contributed by atoms with Gasteiger partial charge in [-0.2, -0.15) is 0 Å². The lowest BCUT2D eigenvalue weighted by Crippen LogP contribution is -2.24. The number of halogens is 1. The molecule has 0 heterocycles. The van der Waals surface area contributed by atoms with Crippen molar-refractivity contribution >= 4 is 9.84 Å². The lowest BCUT2D eigenvalue weighted by atomic mass is 10.0. The largest absolute Gasteiger partial charge is 0.387 e. The van der Waals surface area contributed by atoms with E-state index in [0.717, 1.165) is 18.4 Å². The van der Waals surface area contributed by atoms with Gasteiger partial charge in [0.1, 0.15) is 5.82 Å². The number of rotatable bonds is 3. The molecule has 90 valence electrons. The van der Waals surface area contributed by atoms with Crippen LogP contribution in [0.3, 0.4) is 0 Å². The molecule has 0 aromatic heterocycles. The fourth-order valence-electron chi connectivity index (χ4n) is 1.27. The van der Waals surface area contributed by atoms with Crippen LogP contribution >= 0.6 is 0 Å². The normalized spacial score (nSPS) is 15.8. The molecule has 3 N–H and O–H groups in total. The van der Waals surface area contributed by atoms with Crippen molar-refractivity contribution in [1.29, 1.82) is 0 Å². The van der Waals surface area contributed by atoms with Crippen LogP contribution in [0, 0.1) is 5.82 Å². The molecule has 0 bridgehead atoms. The van der Waals surface area contributed by atoms with E-state index in [2.05, 4.69) is 0 Å². The van der Waals surface area contributed by atoms with Gasteiger partial charge in [0, 0.05) is 12.3 Å². The lowest BCUT2D eigenvalue weighted by Gasteiger charge is -2.15. The molecule has 0 aliphatic rings. The van der Waals surface area contributed by atoms with Gasteiger partial charge in [-0.1, -0.05) is 0 Å². The van der Waals surface area contributed by atoms with Crippen molar-refractivity contribution in [2.45, 2.75) is 24.0 Å². The van der Waals surface area contributed by atoms with Crippen LogP contribution in [0.5, 0.6) is 0 Å². The van der Waals surface area contributed by atoms with Crippen molar-refractivity contribution in [2.24, 2.45) is 5.73 Å². The number of sulfone groups is 1. The zero-order chi connectivity index (χ0) is 12.5. The fraction of sp³-hybridized carbons (Fsp3) is 0.400. The zero-order valence-electron chi connectivity index (χ0n) is 9.01. The third kappa shape index (κ3) is 3.01. The highest BCUT2D eigenvalue weighted by molar-refractivity contribution is 7.90. The molecule has 0 radical (unpaired) electrons. The Labute approximate surface area is 93.8 Å². The highest BCUT2D eigenvalue weighted by atomic mass is 32.2. The molecule has 0 aliphatic heterocycles. The first kappa shape index (κ1) is 13.1. The summed E-state index contributed by atoms with van der Waals surface area (Å²) in [5.41, 5.74) is 5.62. The van der Waals surface area contributed by atoms with Crippen molar-refractivity contribution < 1.29 is 17.9 Å². The van der Waals surface area contributed by atoms with Crippen LogP contribution in [0.4, 0.5) is 4.39 Å². The van der Waals surface area contributed by atoms with Gasteiger partial charge < -0.3 is 10.8 Å². The minimum absolute atomic E-state index is 0.162. The Morgan fingerprint density at radius 2 is 1.94 bits per heavy atom. The molecule has 1 aromatic carbocycles. The molecule has 0 spiro atoms. The van der Waals surface area contributed by atoms with Crippen LogP contribution in [0.1, 0.15) is 18.6 Å². The molecule has 6 heteroatoms. The van der Waals surface area contributed by atoms with E-state index in [0.29, 0.717) is 0 Å². The van der Waals surface area contributed by atoms with Gasteiger partial charge in [-0.3, -0.25) is 0 Å². The summed E-state index contributed by atoms with van der Waals surface area (Å²) in [6.07, 6.45) is -0.111. The average molecular weight is 247 g/mol. The van der Waals surface area contributed by atoms with Gasteiger partial charge in [0.2, 0.25) is 0 Å². The molecule has 1 rings (SSSR count). The molecule has 0 fully saturated rings. The van der Waals surface area contributed by atoms with E-state index in [-0.39, 0.29) is 10.5 Å². The maximum Gasteiger partial charge on any atom is 0.175 e. The van der Waals surface area contributed by atoms with E-state index in [4.69, 9.17) is 5.73 Å². The topological polar surface area (TPSA) is 80.4 Å². The second-order valence-corrected chi connectivity index (χ2v) is 5.81. The molecule has 2 unspecified atom stereocenters. The van der Waals surface area contributed by atoms with Crippen molar-refractivity contribution in [3.8, 4) is 0 Å². The van der Waals surface area contributed by atoms with Gasteiger partial charge in [-0.05, 0) is 30.7 Å². The maximum absolute atomic E-state index is 13.2. The molecule has 4 nitrogen and oxygen atoms in total. The summed E-state index contributed by atoms with van der Waals surface area (Å²) in [6, 6.07) is 2.61. The predicted molar refractivity (Wildman–Crippen MR) is 58.1 cm³/mol. The highest BCUT2D eigenvalue weighted by Crippen LogP contribution is 2.21.